The molecule has 0 unspecified atom stereocenters. The third kappa shape index (κ3) is 3.55. The van der Waals surface area contributed by atoms with Crippen LogP contribution in [0.15, 0.2) is 23.6 Å². The van der Waals surface area contributed by atoms with E-state index in [1.807, 2.05) is 11.8 Å². The second kappa shape index (κ2) is 6.78. The molecule has 1 N–H and O–H groups in total. The van der Waals surface area contributed by atoms with E-state index < -0.39 is 0 Å². The van der Waals surface area contributed by atoms with Gasteiger partial charge in [-0.15, -0.1) is 11.3 Å². The van der Waals surface area contributed by atoms with Crippen LogP contribution >= 0.6 is 11.3 Å². The van der Waals surface area contributed by atoms with Crippen molar-refractivity contribution >= 4 is 22.9 Å². The van der Waals surface area contributed by atoms with Crippen molar-refractivity contribution in [3.05, 3.63) is 34.2 Å². The maximum atomic E-state index is 12.8. The van der Waals surface area contributed by atoms with Crippen LogP contribution in [-0.2, 0) is 11.2 Å². The Bertz CT molecular complexity index is 822. The van der Waals surface area contributed by atoms with Crippen LogP contribution < -0.4 is 10.2 Å². The van der Waals surface area contributed by atoms with Crippen LogP contribution in [-0.4, -0.2) is 29.5 Å². The quantitative estimate of drug-likeness (QED) is 0.831. The van der Waals surface area contributed by atoms with E-state index in [0.717, 1.165) is 41.3 Å². The highest BCUT2D eigenvalue weighted by atomic mass is 32.1. The van der Waals surface area contributed by atoms with E-state index in [-0.39, 0.29) is 11.4 Å². The van der Waals surface area contributed by atoms with Gasteiger partial charge in [-0.3, -0.25) is 4.79 Å². The number of rotatable bonds is 6. The van der Waals surface area contributed by atoms with Gasteiger partial charge in [0.25, 0.3) is 0 Å². The van der Waals surface area contributed by atoms with Gasteiger partial charge in [-0.1, -0.05) is 19.9 Å². The monoisotopic (exact) mass is 369 g/mol. The van der Waals surface area contributed by atoms with E-state index >= 15 is 0 Å². The first-order valence-electron chi connectivity index (χ1n) is 9.57. The van der Waals surface area contributed by atoms with Crippen LogP contribution in [0.25, 0.3) is 11.3 Å². The van der Waals surface area contributed by atoms with Gasteiger partial charge in [0.1, 0.15) is 0 Å². The minimum absolute atomic E-state index is 0.191. The number of carbonyl (C=O) groups excluding carboxylic acids is 1. The van der Waals surface area contributed by atoms with Crippen molar-refractivity contribution in [1.29, 1.82) is 0 Å². The first-order chi connectivity index (χ1) is 12.5. The van der Waals surface area contributed by atoms with Gasteiger partial charge in [-0.2, -0.15) is 0 Å². The van der Waals surface area contributed by atoms with Gasteiger partial charge in [0, 0.05) is 28.7 Å². The Kier molecular flexibility index (Phi) is 4.61. The van der Waals surface area contributed by atoms with Crippen molar-refractivity contribution in [2.24, 2.45) is 5.92 Å². The Morgan fingerprint density at radius 3 is 2.85 bits per heavy atom. The van der Waals surface area contributed by atoms with Crippen molar-refractivity contribution in [2.45, 2.75) is 52.0 Å². The lowest BCUT2D eigenvalue weighted by Gasteiger charge is -2.22. The number of amides is 1. The van der Waals surface area contributed by atoms with Crippen LogP contribution in [0.4, 0.5) is 5.69 Å². The number of fused-ring (bicyclic) bond motifs is 1. The molecule has 1 aliphatic carbocycles. The van der Waals surface area contributed by atoms with E-state index in [0.29, 0.717) is 12.5 Å². The standard InChI is InChI=1S/C21H27N3OS/c1-14(2)11-21(7-8-21)22-12-20(25)24-9-6-17-10-16(4-5-19(17)24)18-13-26-15(3)23-18/h4-5,10,13-14,22H,6-9,11-12H2,1-3H3. The Morgan fingerprint density at radius 1 is 1.38 bits per heavy atom. The number of hydrogen-bond donors (Lipinski definition) is 1. The Balaban J connectivity index is 1.43. The maximum absolute atomic E-state index is 12.8. The molecule has 0 atom stereocenters. The second-order valence-corrected chi connectivity index (χ2v) is 9.18. The van der Waals surface area contributed by atoms with Crippen molar-refractivity contribution in [1.82, 2.24) is 10.3 Å². The third-order valence-corrected chi connectivity index (χ3v) is 6.23. The molecule has 1 aliphatic heterocycles. The molecule has 2 heterocycles. The average molecular weight is 370 g/mol. The zero-order valence-corrected chi connectivity index (χ0v) is 16.7. The Labute approximate surface area is 159 Å². The van der Waals surface area contributed by atoms with Crippen molar-refractivity contribution in [2.75, 3.05) is 18.0 Å². The number of aryl methyl sites for hydroxylation is 1. The van der Waals surface area contributed by atoms with E-state index in [1.165, 1.54) is 18.4 Å². The van der Waals surface area contributed by atoms with Gasteiger partial charge in [0.2, 0.25) is 5.91 Å². The molecule has 4 rings (SSSR count). The van der Waals surface area contributed by atoms with E-state index in [4.69, 9.17) is 0 Å². The van der Waals surface area contributed by atoms with E-state index in [2.05, 4.69) is 47.7 Å². The lowest BCUT2D eigenvalue weighted by molar-refractivity contribution is -0.117. The zero-order chi connectivity index (χ0) is 18.3. The summed E-state index contributed by atoms with van der Waals surface area (Å²) in [6.07, 6.45) is 4.49. The smallest absolute Gasteiger partial charge is 0.240 e. The molecule has 0 spiro atoms. The number of benzene rings is 1. The molecule has 1 aromatic heterocycles. The van der Waals surface area contributed by atoms with Crippen LogP contribution in [0.3, 0.4) is 0 Å². The molecule has 1 aromatic carbocycles. The molecule has 5 heteroatoms. The van der Waals surface area contributed by atoms with Gasteiger partial charge in [0.15, 0.2) is 0 Å². The van der Waals surface area contributed by atoms with E-state index in [1.54, 1.807) is 11.3 Å². The summed E-state index contributed by atoms with van der Waals surface area (Å²) in [4.78, 5) is 19.3. The van der Waals surface area contributed by atoms with Crippen molar-refractivity contribution < 1.29 is 4.79 Å². The lowest BCUT2D eigenvalue weighted by Crippen LogP contribution is -2.42. The largest absolute Gasteiger partial charge is 0.311 e. The molecule has 1 fully saturated rings. The average Bonchev–Trinajstić information content (AvgIpc) is 3.03. The van der Waals surface area contributed by atoms with Crippen molar-refractivity contribution in [3.8, 4) is 11.3 Å². The fraction of sp³-hybridized carbons (Fsp3) is 0.524. The summed E-state index contributed by atoms with van der Waals surface area (Å²) in [5, 5.41) is 6.73. The number of anilines is 1. The number of aromatic nitrogens is 1. The molecule has 1 amide bonds. The fourth-order valence-electron chi connectivity index (χ4n) is 4.06. The van der Waals surface area contributed by atoms with Gasteiger partial charge in [0.05, 0.1) is 17.2 Å². The molecule has 2 aromatic rings. The van der Waals surface area contributed by atoms with Crippen LogP contribution in [0, 0.1) is 12.8 Å². The van der Waals surface area contributed by atoms with Gasteiger partial charge >= 0.3 is 0 Å². The van der Waals surface area contributed by atoms with Crippen molar-refractivity contribution in [3.63, 3.8) is 0 Å². The highest BCUT2D eigenvalue weighted by molar-refractivity contribution is 7.09. The summed E-state index contributed by atoms with van der Waals surface area (Å²) in [6, 6.07) is 6.38. The van der Waals surface area contributed by atoms with E-state index in [9.17, 15) is 4.79 Å². The predicted molar refractivity (Wildman–Crippen MR) is 108 cm³/mol. The SMILES string of the molecule is Cc1nc(-c2ccc3c(c2)CCN3C(=O)CNC2(CC(C)C)CC2)cs1. The topological polar surface area (TPSA) is 45.2 Å². The number of nitrogens with zero attached hydrogens (tertiary/aromatic N) is 2. The summed E-state index contributed by atoms with van der Waals surface area (Å²) in [5.74, 6) is 0.858. The number of carbonyl (C=O) groups is 1. The van der Waals surface area contributed by atoms with Crippen LogP contribution in [0.1, 0.15) is 43.7 Å². The Hall–Kier alpha value is -1.72. The summed E-state index contributed by atoms with van der Waals surface area (Å²) in [5.41, 5.74) is 4.73. The molecule has 0 radical (unpaired) electrons. The molecule has 0 saturated heterocycles. The second-order valence-electron chi connectivity index (χ2n) is 8.12. The highest BCUT2D eigenvalue weighted by Gasteiger charge is 2.43. The fourth-order valence-corrected chi connectivity index (χ4v) is 4.68. The molecular formula is C21H27N3OS. The van der Waals surface area contributed by atoms with Gasteiger partial charge in [-0.25, -0.2) is 4.98 Å². The molecule has 0 bridgehead atoms. The first-order valence-corrected chi connectivity index (χ1v) is 10.4. The van der Waals surface area contributed by atoms with Gasteiger partial charge < -0.3 is 10.2 Å². The summed E-state index contributed by atoms with van der Waals surface area (Å²) in [7, 11) is 0. The molecule has 2 aliphatic rings. The zero-order valence-electron chi connectivity index (χ0n) is 15.8. The molecule has 26 heavy (non-hydrogen) atoms. The molecule has 138 valence electrons. The minimum atomic E-state index is 0.191. The highest BCUT2D eigenvalue weighted by Crippen LogP contribution is 2.41. The Morgan fingerprint density at radius 2 is 2.19 bits per heavy atom. The van der Waals surface area contributed by atoms with Crippen LogP contribution in [0.2, 0.25) is 0 Å². The normalized spacial score (nSPS) is 17.6. The lowest BCUT2D eigenvalue weighted by atomic mass is 10.0. The minimum Gasteiger partial charge on any atom is -0.311 e. The molecule has 4 nitrogen and oxygen atoms in total. The summed E-state index contributed by atoms with van der Waals surface area (Å²) >= 11 is 1.67. The maximum Gasteiger partial charge on any atom is 0.240 e. The number of nitrogens with one attached hydrogen (secondary N) is 1. The molecule has 1 saturated carbocycles. The number of hydrogen-bond acceptors (Lipinski definition) is 4. The predicted octanol–water partition coefficient (Wildman–Crippen LogP) is 4.18. The first kappa shape index (κ1) is 17.7. The summed E-state index contributed by atoms with van der Waals surface area (Å²) < 4.78 is 0. The van der Waals surface area contributed by atoms with Crippen LogP contribution in [0.5, 0.6) is 0 Å². The molecular weight excluding hydrogens is 342 g/mol. The van der Waals surface area contributed by atoms with Gasteiger partial charge in [-0.05, 0) is 56.2 Å². The summed E-state index contributed by atoms with van der Waals surface area (Å²) in [6.45, 7) is 7.76. The number of thiazole rings is 1. The third-order valence-electron chi connectivity index (χ3n) is 5.46.